The molecule has 2 aromatic rings. The van der Waals surface area contributed by atoms with Gasteiger partial charge < -0.3 is 20.7 Å². The summed E-state index contributed by atoms with van der Waals surface area (Å²) in [5, 5.41) is 3.59. The van der Waals surface area contributed by atoms with Crippen molar-refractivity contribution < 1.29 is 4.74 Å². The first-order valence-electron chi connectivity index (χ1n) is 8.33. The first kappa shape index (κ1) is 20.6. The Balaban J connectivity index is 0.00000243. The third kappa shape index (κ3) is 4.73. The number of nitrogens with one attached hydrogen (secondary N) is 1. The minimum Gasteiger partial charge on any atom is -0.495 e. The molecule has 7 heteroatoms. The summed E-state index contributed by atoms with van der Waals surface area (Å²) in [7, 11) is 1.58. The lowest BCUT2D eigenvalue weighted by atomic mass is 10.1. The lowest BCUT2D eigenvalue weighted by molar-refractivity contribution is 0.415. The van der Waals surface area contributed by atoms with Crippen LogP contribution in [0.15, 0.2) is 47.5 Å². The van der Waals surface area contributed by atoms with Crippen LogP contribution in [0.25, 0.3) is 0 Å². The number of hydrogen-bond donors (Lipinski definition) is 2. The number of guanidine groups is 1. The number of anilines is 2. The number of ether oxygens (including phenoxy) is 1. The zero-order valence-electron chi connectivity index (χ0n) is 14.9. The molecule has 1 aliphatic heterocycles. The topological polar surface area (TPSA) is 62.9 Å². The van der Waals surface area contributed by atoms with E-state index >= 15 is 0 Å². The van der Waals surface area contributed by atoms with Gasteiger partial charge >= 0.3 is 0 Å². The molecule has 3 rings (SSSR count). The SMILES string of the molecule is COc1ccc(NC(N)=NCCN2c3ccccc3CC2C)cc1Cl.I. The summed E-state index contributed by atoms with van der Waals surface area (Å²) in [5.74, 6) is 1.01. The Bertz CT molecular complexity index is 784. The molecule has 0 bridgehead atoms. The molecule has 1 atom stereocenters. The molecule has 2 aromatic carbocycles. The maximum absolute atomic E-state index is 6.11. The van der Waals surface area contributed by atoms with E-state index in [9.17, 15) is 0 Å². The second-order valence-electron chi connectivity index (χ2n) is 6.12. The summed E-state index contributed by atoms with van der Waals surface area (Å²) in [6.07, 6.45) is 1.08. The molecular formula is C19H24ClIN4O. The fraction of sp³-hybridized carbons (Fsp3) is 0.316. The molecule has 0 saturated carbocycles. The zero-order chi connectivity index (χ0) is 17.8. The molecule has 0 saturated heterocycles. The van der Waals surface area contributed by atoms with Crippen molar-refractivity contribution in [2.75, 3.05) is 30.4 Å². The van der Waals surface area contributed by atoms with E-state index in [4.69, 9.17) is 22.1 Å². The fourth-order valence-electron chi connectivity index (χ4n) is 3.18. The first-order chi connectivity index (χ1) is 12.1. The van der Waals surface area contributed by atoms with Crippen LogP contribution in [-0.4, -0.2) is 32.2 Å². The molecule has 0 radical (unpaired) electrons. The molecule has 26 heavy (non-hydrogen) atoms. The van der Waals surface area contributed by atoms with Crippen molar-refractivity contribution in [3.8, 4) is 5.75 Å². The average Bonchev–Trinajstić information content (AvgIpc) is 2.91. The number of aliphatic imine (C=N–C) groups is 1. The lowest BCUT2D eigenvalue weighted by Crippen LogP contribution is -2.32. The van der Waals surface area contributed by atoms with Crippen LogP contribution in [0.4, 0.5) is 11.4 Å². The number of para-hydroxylation sites is 1. The summed E-state index contributed by atoms with van der Waals surface area (Å²) < 4.78 is 5.14. The summed E-state index contributed by atoms with van der Waals surface area (Å²) in [5.41, 5.74) is 9.48. The third-order valence-corrected chi connectivity index (χ3v) is 4.69. The molecule has 1 heterocycles. The number of nitrogens with zero attached hydrogens (tertiary/aromatic N) is 2. The Kier molecular flexibility index (Phi) is 7.40. The van der Waals surface area contributed by atoms with Crippen molar-refractivity contribution in [1.29, 1.82) is 0 Å². The van der Waals surface area contributed by atoms with E-state index in [0.29, 0.717) is 29.3 Å². The molecule has 5 nitrogen and oxygen atoms in total. The Morgan fingerprint density at radius 3 is 2.85 bits per heavy atom. The number of nitrogens with two attached hydrogens (primary N) is 1. The van der Waals surface area contributed by atoms with Crippen LogP contribution >= 0.6 is 35.6 Å². The van der Waals surface area contributed by atoms with Gasteiger partial charge in [0.05, 0.1) is 18.7 Å². The number of rotatable bonds is 5. The fourth-order valence-corrected chi connectivity index (χ4v) is 3.44. The molecule has 1 unspecified atom stereocenters. The smallest absolute Gasteiger partial charge is 0.193 e. The highest BCUT2D eigenvalue weighted by Crippen LogP contribution is 2.31. The second kappa shape index (κ2) is 9.32. The Morgan fingerprint density at radius 1 is 1.35 bits per heavy atom. The van der Waals surface area contributed by atoms with Crippen molar-refractivity contribution in [2.45, 2.75) is 19.4 Å². The van der Waals surface area contributed by atoms with E-state index in [1.807, 2.05) is 6.07 Å². The maximum Gasteiger partial charge on any atom is 0.193 e. The minimum absolute atomic E-state index is 0. The first-order valence-corrected chi connectivity index (χ1v) is 8.71. The Labute approximate surface area is 176 Å². The van der Waals surface area contributed by atoms with Gasteiger partial charge in [-0.25, -0.2) is 0 Å². The van der Waals surface area contributed by atoms with Crippen molar-refractivity contribution in [3.05, 3.63) is 53.1 Å². The van der Waals surface area contributed by atoms with Gasteiger partial charge in [-0.1, -0.05) is 29.8 Å². The van der Waals surface area contributed by atoms with E-state index in [1.54, 1.807) is 19.2 Å². The zero-order valence-corrected chi connectivity index (χ0v) is 18.0. The normalized spacial score (nSPS) is 16.0. The predicted molar refractivity (Wildman–Crippen MR) is 120 cm³/mol. The summed E-state index contributed by atoms with van der Waals surface area (Å²) in [4.78, 5) is 6.82. The molecule has 0 aromatic heterocycles. The largest absolute Gasteiger partial charge is 0.495 e. The molecule has 0 fully saturated rings. The average molecular weight is 487 g/mol. The van der Waals surface area contributed by atoms with Gasteiger partial charge in [0.15, 0.2) is 5.96 Å². The number of benzene rings is 2. The van der Waals surface area contributed by atoms with E-state index in [0.717, 1.165) is 18.7 Å². The maximum atomic E-state index is 6.11. The van der Waals surface area contributed by atoms with Crippen LogP contribution in [0.5, 0.6) is 5.75 Å². The second-order valence-corrected chi connectivity index (χ2v) is 6.52. The minimum atomic E-state index is 0. The van der Waals surface area contributed by atoms with E-state index in [-0.39, 0.29) is 24.0 Å². The van der Waals surface area contributed by atoms with Crippen molar-refractivity contribution >= 4 is 52.9 Å². The van der Waals surface area contributed by atoms with Crippen molar-refractivity contribution in [2.24, 2.45) is 10.7 Å². The molecule has 1 aliphatic rings. The van der Waals surface area contributed by atoms with E-state index in [1.165, 1.54) is 11.3 Å². The predicted octanol–water partition coefficient (Wildman–Crippen LogP) is 4.14. The van der Waals surface area contributed by atoms with Gasteiger partial charge in [0, 0.05) is 24.0 Å². The van der Waals surface area contributed by atoms with Crippen LogP contribution in [0.3, 0.4) is 0 Å². The van der Waals surface area contributed by atoms with Gasteiger partial charge in [-0.15, -0.1) is 24.0 Å². The number of methoxy groups -OCH3 is 1. The molecule has 0 aliphatic carbocycles. The monoisotopic (exact) mass is 486 g/mol. The Morgan fingerprint density at radius 2 is 2.12 bits per heavy atom. The highest BCUT2D eigenvalue weighted by atomic mass is 127. The summed E-state index contributed by atoms with van der Waals surface area (Å²) >= 11 is 6.11. The highest BCUT2D eigenvalue weighted by molar-refractivity contribution is 14.0. The van der Waals surface area contributed by atoms with Crippen molar-refractivity contribution in [3.63, 3.8) is 0 Å². The van der Waals surface area contributed by atoms with Crippen LogP contribution in [0.2, 0.25) is 5.02 Å². The van der Waals surface area contributed by atoms with Crippen LogP contribution in [0.1, 0.15) is 12.5 Å². The molecule has 3 N–H and O–H groups in total. The van der Waals surface area contributed by atoms with E-state index < -0.39 is 0 Å². The molecule has 140 valence electrons. The molecular weight excluding hydrogens is 463 g/mol. The third-order valence-electron chi connectivity index (χ3n) is 4.40. The highest BCUT2D eigenvalue weighted by Gasteiger charge is 2.24. The van der Waals surface area contributed by atoms with Crippen LogP contribution in [-0.2, 0) is 6.42 Å². The standard InChI is InChI=1S/C19H23ClN4O.HI/c1-13-11-14-5-3-4-6-17(14)24(13)10-9-22-19(21)23-15-7-8-18(25-2)16(20)12-15;/h3-8,12-13H,9-11H2,1-2H3,(H3,21,22,23);1H. The van der Waals surface area contributed by atoms with Gasteiger partial charge in [-0.2, -0.15) is 0 Å². The van der Waals surface area contributed by atoms with Crippen molar-refractivity contribution in [1.82, 2.24) is 0 Å². The summed E-state index contributed by atoms with van der Waals surface area (Å²) in [6.45, 7) is 3.70. The summed E-state index contributed by atoms with van der Waals surface area (Å²) in [6, 6.07) is 14.4. The van der Waals surface area contributed by atoms with E-state index in [2.05, 4.69) is 46.4 Å². The number of fused-ring (bicyclic) bond motifs is 1. The lowest BCUT2D eigenvalue weighted by Gasteiger charge is -2.24. The van der Waals surface area contributed by atoms with Gasteiger partial charge in [0.1, 0.15) is 5.75 Å². The molecule has 0 amide bonds. The number of halogens is 2. The van der Waals surface area contributed by atoms with Crippen LogP contribution < -0.4 is 20.7 Å². The van der Waals surface area contributed by atoms with Gasteiger partial charge in [0.25, 0.3) is 0 Å². The van der Waals surface area contributed by atoms with Gasteiger partial charge in [0.2, 0.25) is 0 Å². The van der Waals surface area contributed by atoms with Gasteiger partial charge in [-0.3, -0.25) is 4.99 Å². The quantitative estimate of drug-likeness (QED) is 0.379. The molecule has 0 spiro atoms. The van der Waals surface area contributed by atoms with Gasteiger partial charge in [-0.05, 0) is 43.2 Å². The number of hydrogen-bond acceptors (Lipinski definition) is 3. The Hall–Kier alpha value is -1.67. The van der Waals surface area contributed by atoms with Crippen LogP contribution in [0, 0.1) is 0 Å².